The zero-order valence-corrected chi connectivity index (χ0v) is 10.1. The van der Waals surface area contributed by atoms with Gasteiger partial charge in [-0.1, -0.05) is 5.16 Å². The Balaban J connectivity index is 2.00. The Bertz CT molecular complexity index is 418. The van der Waals surface area contributed by atoms with Gasteiger partial charge in [-0.15, -0.1) is 0 Å². The fourth-order valence-corrected chi connectivity index (χ4v) is 1.96. The third-order valence-electron chi connectivity index (χ3n) is 2.94. The van der Waals surface area contributed by atoms with Gasteiger partial charge < -0.3 is 15.0 Å². The van der Waals surface area contributed by atoms with Crippen LogP contribution in [0.1, 0.15) is 18.4 Å². The lowest BCUT2D eigenvalue weighted by Crippen LogP contribution is -2.56. The highest BCUT2D eigenvalue weighted by atomic mass is 16.5. The highest BCUT2D eigenvalue weighted by Crippen LogP contribution is 2.18. The lowest BCUT2D eigenvalue weighted by Gasteiger charge is -2.37. The molecule has 1 aliphatic rings. The lowest BCUT2D eigenvalue weighted by molar-refractivity contribution is -0.153. The Morgan fingerprint density at radius 1 is 1.71 bits per heavy atom. The molecule has 1 fully saturated rings. The van der Waals surface area contributed by atoms with Crippen LogP contribution in [0.3, 0.4) is 0 Å². The van der Waals surface area contributed by atoms with Gasteiger partial charge in [0.1, 0.15) is 5.76 Å². The molecule has 2 heterocycles. The quantitative estimate of drug-likeness (QED) is 0.806. The summed E-state index contributed by atoms with van der Waals surface area (Å²) in [4.78, 5) is 13.4. The molecule has 0 bridgehead atoms. The molecule has 6 heteroatoms. The van der Waals surface area contributed by atoms with Gasteiger partial charge in [-0.3, -0.25) is 9.69 Å². The lowest BCUT2D eigenvalue weighted by atomic mass is 10.0. The van der Waals surface area contributed by atoms with E-state index in [1.165, 1.54) is 0 Å². The van der Waals surface area contributed by atoms with Crippen molar-refractivity contribution < 1.29 is 14.1 Å². The largest absolute Gasteiger partial charge is 0.367 e. The van der Waals surface area contributed by atoms with Gasteiger partial charge in [-0.05, 0) is 13.8 Å². The maximum Gasteiger partial charge on any atom is 0.250 e. The van der Waals surface area contributed by atoms with Crippen molar-refractivity contribution in [3.8, 4) is 0 Å². The van der Waals surface area contributed by atoms with E-state index in [0.29, 0.717) is 19.7 Å². The van der Waals surface area contributed by atoms with Crippen LogP contribution in [0.5, 0.6) is 0 Å². The number of hydrogen-bond acceptors (Lipinski definition) is 5. The summed E-state index contributed by atoms with van der Waals surface area (Å²) in [6.07, 6.45) is 0. The molecule has 1 unspecified atom stereocenters. The number of amides is 1. The van der Waals surface area contributed by atoms with E-state index >= 15 is 0 Å². The molecule has 1 aliphatic heterocycles. The minimum Gasteiger partial charge on any atom is -0.367 e. The number of aryl methyl sites for hydroxylation is 1. The van der Waals surface area contributed by atoms with Crippen LogP contribution in [-0.4, -0.2) is 41.3 Å². The number of aromatic nitrogens is 1. The van der Waals surface area contributed by atoms with E-state index in [1.54, 1.807) is 6.92 Å². The Morgan fingerprint density at radius 3 is 3.06 bits per heavy atom. The molecule has 1 atom stereocenters. The first-order valence-corrected chi connectivity index (χ1v) is 5.58. The van der Waals surface area contributed by atoms with E-state index in [0.717, 1.165) is 18.0 Å². The summed E-state index contributed by atoms with van der Waals surface area (Å²) in [6.45, 7) is 5.95. The average Bonchev–Trinajstić information content (AvgIpc) is 2.64. The molecule has 2 rings (SSSR count). The standard InChI is InChI=1S/C11H17N3O3/c1-8-5-9(13-17-8)6-14-3-4-16-11(2,7-14)10(12)15/h5H,3-4,6-7H2,1-2H3,(H2,12,15). The van der Waals surface area contributed by atoms with Gasteiger partial charge in [-0.2, -0.15) is 0 Å². The minimum atomic E-state index is -0.906. The van der Waals surface area contributed by atoms with E-state index in [-0.39, 0.29) is 0 Å². The molecule has 1 aromatic rings. The van der Waals surface area contributed by atoms with Crippen LogP contribution in [0.4, 0.5) is 0 Å². The van der Waals surface area contributed by atoms with Crippen LogP contribution in [-0.2, 0) is 16.1 Å². The van der Waals surface area contributed by atoms with Gasteiger partial charge in [0.25, 0.3) is 5.91 Å². The highest BCUT2D eigenvalue weighted by molar-refractivity contribution is 5.83. The van der Waals surface area contributed by atoms with Crippen molar-refractivity contribution in [2.75, 3.05) is 19.7 Å². The van der Waals surface area contributed by atoms with E-state index < -0.39 is 11.5 Å². The second-order valence-electron chi connectivity index (χ2n) is 4.58. The molecule has 2 N–H and O–H groups in total. The number of morpholine rings is 1. The average molecular weight is 239 g/mol. The first-order valence-electron chi connectivity index (χ1n) is 5.58. The first kappa shape index (κ1) is 12.1. The molecule has 1 saturated heterocycles. The van der Waals surface area contributed by atoms with Crippen molar-refractivity contribution in [2.24, 2.45) is 5.73 Å². The number of nitrogens with two attached hydrogens (primary N) is 1. The number of carbonyl (C=O) groups excluding carboxylic acids is 1. The van der Waals surface area contributed by atoms with Gasteiger partial charge in [0.2, 0.25) is 0 Å². The number of hydrogen-bond donors (Lipinski definition) is 1. The normalized spacial score (nSPS) is 26.0. The SMILES string of the molecule is Cc1cc(CN2CCOC(C)(C(N)=O)C2)no1. The summed E-state index contributed by atoms with van der Waals surface area (Å²) in [7, 11) is 0. The second kappa shape index (κ2) is 4.46. The molecule has 1 amide bonds. The summed E-state index contributed by atoms with van der Waals surface area (Å²) < 4.78 is 10.4. The predicted molar refractivity (Wildman–Crippen MR) is 60.1 cm³/mol. The topological polar surface area (TPSA) is 81.6 Å². The smallest absolute Gasteiger partial charge is 0.250 e. The summed E-state index contributed by atoms with van der Waals surface area (Å²) in [5.41, 5.74) is 5.29. The third-order valence-corrected chi connectivity index (χ3v) is 2.94. The van der Waals surface area contributed by atoms with Gasteiger partial charge in [0, 0.05) is 25.7 Å². The molecule has 1 aromatic heterocycles. The molecule has 0 spiro atoms. The van der Waals surface area contributed by atoms with Crippen LogP contribution in [0.15, 0.2) is 10.6 Å². The molecular formula is C11H17N3O3. The zero-order chi connectivity index (χ0) is 12.5. The number of carbonyl (C=O) groups is 1. The van der Waals surface area contributed by atoms with E-state index in [1.807, 2.05) is 13.0 Å². The van der Waals surface area contributed by atoms with Crippen LogP contribution >= 0.6 is 0 Å². The van der Waals surface area contributed by atoms with Crippen LogP contribution < -0.4 is 5.73 Å². The van der Waals surface area contributed by atoms with Crippen molar-refractivity contribution in [2.45, 2.75) is 26.0 Å². The van der Waals surface area contributed by atoms with E-state index in [4.69, 9.17) is 15.0 Å². The van der Waals surface area contributed by atoms with Gasteiger partial charge in [0.15, 0.2) is 5.60 Å². The van der Waals surface area contributed by atoms with Gasteiger partial charge in [0.05, 0.1) is 12.3 Å². The molecule has 94 valence electrons. The Morgan fingerprint density at radius 2 is 2.47 bits per heavy atom. The number of rotatable bonds is 3. The van der Waals surface area contributed by atoms with Crippen LogP contribution in [0.2, 0.25) is 0 Å². The van der Waals surface area contributed by atoms with Crippen molar-refractivity contribution in [3.63, 3.8) is 0 Å². The van der Waals surface area contributed by atoms with E-state index in [9.17, 15) is 4.79 Å². The Labute approximate surface area is 99.7 Å². The molecule has 6 nitrogen and oxygen atoms in total. The van der Waals surface area contributed by atoms with Crippen molar-refractivity contribution in [1.29, 1.82) is 0 Å². The fraction of sp³-hybridized carbons (Fsp3) is 0.636. The number of ether oxygens (including phenoxy) is 1. The van der Waals surface area contributed by atoms with Crippen molar-refractivity contribution >= 4 is 5.91 Å². The maximum absolute atomic E-state index is 11.3. The zero-order valence-electron chi connectivity index (χ0n) is 10.1. The summed E-state index contributed by atoms with van der Waals surface area (Å²) in [5.74, 6) is 0.351. The maximum atomic E-state index is 11.3. The monoisotopic (exact) mass is 239 g/mol. The van der Waals surface area contributed by atoms with Crippen molar-refractivity contribution in [3.05, 3.63) is 17.5 Å². The second-order valence-corrected chi connectivity index (χ2v) is 4.58. The Hall–Kier alpha value is -1.40. The molecule has 0 aliphatic carbocycles. The molecule has 0 radical (unpaired) electrons. The molecule has 0 saturated carbocycles. The highest BCUT2D eigenvalue weighted by Gasteiger charge is 2.37. The third kappa shape index (κ3) is 2.65. The fourth-order valence-electron chi connectivity index (χ4n) is 1.96. The molecule has 0 aromatic carbocycles. The predicted octanol–water partition coefficient (Wildman–Crippen LogP) is 0.0592. The first-order chi connectivity index (χ1) is 7.99. The Kier molecular flexibility index (Phi) is 3.17. The number of primary amides is 1. The van der Waals surface area contributed by atoms with Crippen LogP contribution in [0, 0.1) is 6.92 Å². The minimum absolute atomic E-state index is 0.432. The van der Waals surface area contributed by atoms with Gasteiger partial charge >= 0.3 is 0 Å². The molecular weight excluding hydrogens is 222 g/mol. The summed E-state index contributed by atoms with van der Waals surface area (Å²) in [6, 6.07) is 1.89. The van der Waals surface area contributed by atoms with Crippen LogP contribution in [0.25, 0.3) is 0 Å². The molecule has 17 heavy (non-hydrogen) atoms. The van der Waals surface area contributed by atoms with Gasteiger partial charge in [-0.25, -0.2) is 0 Å². The summed E-state index contributed by atoms with van der Waals surface area (Å²) >= 11 is 0. The van der Waals surface area contributed by atoms with E-state index in [2.05, 4.69) is 10.1 Å². The summed E-state index contributed by atoms with van der Waals surface area (Å²) in [5, 5.41) is 3.93. The number of nitrogens with zero attached hydrogens (tertiary/aromatic N) is 2. The van der Waals surface area contributed by atoms with Crippen molar-refractivity contribution in [1.82, 2.24) is 10.1 Å².